The van der Waals surface area contributed by atoms with Crippen molar-refractivity contribution in [2.75, 3.05) is 59.3 Å². The zero-order valence-corrected chi connectivity index (χ0v) is 36.5. The van der Waals surface area contributed by atoms with E-state index in [4.69, 9.17) is 54.6 Å². The molecule has 25 heteroatoms. The van der Waals surface area contributed by atoms with E-state index in [-0.39, 0.29) is 65.5 Å². The largest absolute Gasteiger partial charge is 0.448 e. The summed E-state index contributed by atoms with van der Waals surface area (Å²) in [5.74, 6) is 0. The third-order valence-electron chi connectivity index (χ3n) is 9.25. The maximum absolute atomic E-state index is 12.6. The molecule has 346 valence electrons. The fourth-order valence-electron chi connectivity index (χ4n) is 6.17. The molecule has 2 amide bonds. The lowest BCUT2D eigenvalue weighted by Gasteiger charge is -2.27. The van der Waals surface area contributed by atoms with Gasteiger partial charge in [0.05, 0.1) is 50.4 Å². The Labute approximate surface area is 363 Å². The molecule has 0 spiro atoms. The number of nitriles is 2. The summed E-state index contributed by atoms with van der Waals surface area (Å²) in [5, 5.41) is 32.3. The maximum atomic E-state index is 12.6. The Hall–Kier alpha value is -5.48. The topological polar surface area (TPSA) is 314 Å². The van der Waals surface area contributed by atoms with Crippen LogP contribution in [0.4, 0.5) is 9.59 Å². The smallest absolute Gasteiger partial charge is 0.407 e. The van der Waals surface area contributed by atoms with Gasteiger partial charge < -0.3 is 58.1 Å². The van der Waals surface area contributed by atoms with Crippen molar-refractivity contribution in [2.45, 2.75) is 102 Å². The van der Waals surface area contributed by atoms with E-state index in [0.717, 1.165) is 0 Å². The lowest BCUT2D eigenvalue weighted by molar-refractivity contribution is -0.0695. The van der Waals surface area contributed by atoms with Gasteiger partial charge in [0.25, 0.3) is 11.1 Å². The Morgan fingerprint density at radius 3 is 1.76 bits per heavy atom. The second-order valence-electron chi connectivity index (χ2n) is 13.7. The van der Waals surface area contributed by atoms with Crippen molar-refractivity contribution in [3.63, 3.8) is 0 Å². The van der Waals surface area contributed by atoms with E-state index in [0.29, 0.717) is 24.0 Å². The van der Waals surface area contributed by atoms with Gasteiger partial charge in [-0.05, 0) is 26.7 Å². The quantitative estimate of drug-likeness (QED) is 0.0662. The van der Waals surface area contributed by atoms with Gasteiger partial charge in [-0.3, -0.25) is 28.7 Å². The summed E-state index contributed by atoms with van der Waals surface area (Å²) < 4.78 is 47.3. The Balaban J connectivity index is 0.000000344. The Bertz CT molecular complexity index is 2160. The summed E-state index contributed by atoms with van der Waals surface area (Å²) in [7, 11) is -1.37. The molecule has 24 nitrogen and oxygen atoms in total. The molecular weight excluding hydrogens is 853 g/mol. The second-order valence-corrected chi connectivity index (χ2v) is 15.1. The molecule has 5 N–H and O–H groups in total. The van der Waals surface area contributed by atoms with Gasteiger partial charge in [-0.15, -0.1) is 0 Å². The summed E-state index contributed by atoms with van der Waals surface area (Å²) in [4.78, 5) is 79.0. The highest BCUT2D eigenvalue weighted by Gasteiger charge is 2.48. The van der Waals surface area contributed by atoms with Crippen LogP contribution in [0.2, 0.25) is 0 Å². The average molecular weight is 908 g/mol. The minimum Gasteiger partial charge on any atom is -0.448 e. The monoisotopic (exact) mass is 907 g/mol. The van der Waals surface area contributed by atoms with Crippen LogP contribution in [0.3, 0.4) is 0 Å². The zero-order chi connectivity index (χ0) is 46.5. The van der Waals surface area contributed by atoms with Crippen LogP contribution in [0.5, 0.6) is 0 Å². The third-order valence-corrected chi connectivity index (χ3v) is 10.3. The van der Waals surface area contributed by atoms with Crippen LogP contribution in [0, 0.1) is 43.1 Å². The van der Waals surface area contributed by atoms with E-state index in [1.807, 2.05) is 26.0 Å². The van der Waals surface area contributed by atoms with Crippen LogP contribution in [0.25, 0.3) is 4.85 Å². The number of carbonyl (C=O) groups excluding carboxylic acids is 2. The number of aliphatic hydroxyl groups excluding tert-OH is 1. The van der Waals surface area contributed by atoms with Crippen molar-refractivity contribution in [1.82, 2.24) is 29.7 Å². The first-order chi connectivity index (χ1) is 30.2. The van der Waals surface area contributed by atoms with Crippen molar-refractivity contribution in [3.05, 3.63) is 76.6 Å². The molecule has 0 radical (unpaired) electrons. The molecule has 4 heterocycles. The first-order valence-electron chi connectivity index (χ1n) is 20.0. The number of H-pyrrole nitrogens is 2. The van der Waals surface area contributed by atoms with Crippen molar-refractivity contribution in [3.8, 4) is 12.1 Å². The number of hydrogen-bond acceptors (Lipinski definition) is 17. The maximum Gasteiger partial charge on any atom is 0.407 e. The predicted molar refractivity (Wildman–Crippen MR) is 220 cm³/mol. The summed E-state index contributed by atoms with van der Waals surface area (Å²) in [6.45, 7) is 16.2. The summed E-state index contributed by atoms with van der Waals surface area (Å²) in [6.07, 6.45) is -3.42. The first-order valence-corrected chi connectivity index (χ1v) is 21.6. The number of nitrogens with zero attached hydrogens (tertiary/aromatic N) is 5. The number of aromatic amines is 2. The molecule has 2 aliphatic rings. The van der Waals surface area contributed by atoms with Gasteiger partial charge in [0.1, 0.15) is 44.2 Å². The highest BCUT2D eigenvalue weighted by Crippen LogP contribution is 2.43. The van der Waals surface area contributed by atoms with Gasteiger partial charge in [0.2, 0.25) is 6.54 Å². The molecule has 0 aromatic carbocycles. The number of alkyl carbamates (subject to hydrolysis) is 2. The SMILES string of the molecule is CC[C@H]1O[C@@H](n2cc(C)c(=O)[nH]c2=O)C(OCCNC(=O)OCCC#N)C1O.[C-]#[N+]CCOP(C)OC1C(OCCNC(=O)OCCC#N)[C@H](n2cc(C)c(=O)[nH]c2=O)O[C@@H]1CC. The number of nitrogens with one attached hydrogen (secondary N) is 4. The molecule has 2 aromatic rings. The lowest BCUT2D eigenvalue weighted by Crippen LogP contribution is -2.41. The molecule has 0 aliphatic carbocycles. The first kappa shape index (κ1) is 51.9. The summed E-state index contributed by atoms with van der Waals surface area (Å²) in [5.41, 5.74) is -1.67. The van der Waals surface area contributed by atoms with Crippen molar-refractivity contribution in [2.24, 2.45) is 0 Å². The summed E-state index contributed by atoms with van der Waals surface area (Å²) in [6, 6.07) is 3.73. The number of aromatic nitrogens is 4. The minimum absolute atomic E-state index is 0.00684. The van der Waals surface area contributed by atoms with E-state index < -0.39 is 92.1 Å². The number of amides is 2. The Kier molecular flexibility index (Phi) is 22.1. The van der Waals surface area contributed by atoms with Gasteiger partial charge in [-0.25, -0.2) is 25.8 Å². The molecule has 2 aromatic heterocycles. The van der Waals surface area contributed by atoms with E-state index in [1.165, 1.54) is 21.5 Å². The molecule has 4 rings (SSSR count). The van der Waals surface area contributed by atoms with Crippen molar-refractivity contribution in [1.29, 1.82) is 10.5 Å². The normalized spacial score (nSPS) is 23.0. The number of aryl methyl sites for hydroxylation is 2. The van der Waals surface area contributed by atoms with E-state index in [2.05, 4.69) is 25.4 Å². The Morgan fingerprint density at radius 2 is 1.29 bits per heavy atom. The van der Waals surface area contributed by atoms with Crippen LogP contribution in [0.1, 0.15) is 63.1 Å². The van der Waals surface area contributed by atoms with Gasteiger partial charge >= 0.3 is 23.6 Å². The molecule has 9 atom stereocenters. The third kappa shape index (κ3) is 15.7. The number of carbonyl (C=O) groups is 2. The predicted octanol–water partition coefficient (Wildman–Crippen LogP) is 0.979. The molecule has 63 heavy (non-hydrogen) atoms. The van der Waals surface area contributed by atoms with Crippen LogP contribution < -0.4 is 33.1 Å². The average Bonchev–Trinajstić information content (AvgIpc) is 3.76. The summed E-state index contributed by atoms with van der Waals surface area (Å²) >= 11 is 0. The van der Waals surface area contributed by atoms with Gasteiger partial charge in [0.15, 0.2) is 20.8 Å². The van der Waals surface area contributed by atoms with Crippen molar-refractivity contribution >= 4 is 20.6 Å². The van der Waals surface area contributed by atoms with E-state index in [1.54, 1.807) is 20.5 Å². The Morgan fingerprint density at radius 1 is 0.810 bits per heavy atom. The molecule has 2 fully saturated rings. The number of hydrogen-bond donors (Lipinski definition) is 5. The molecule has 0 saturated carbocycles. The number of aliphatic hydroxyl groups is 1. The minimum atomic E-state index is -1.37. The highest BCUT2D eigenvalue weighted by molar-refractivity contribution is 7.46. The molecule has 0 bridgehead atoms. The van der Waals surface area contributed by atoms with E-state index >= 15 is 0 Å². The van der Waals surface area contributed by atoms with Crippen LogP contribution >= 0.6 is 8.38 Å². The van der Waals surface area contributed by atoms with Crippen LogP contribution in [-0.2, 0) is 37.5 Å². The second kappa shape index (κ2) is 26.9. The molecule has 5 unspecified atom stereocenters. The van der Waals surface area contributed by atoms with Gasteiger partial charge in [0, 0.05) is 43.3 Å². The fraction of sp³-hybridized carbons (Fsp3) is 0.658. The van der Waals surface area contributed by atoms with Crippen LogP contribution in [-0.4, -0.2) is 132 Å². The van der Waals surface area contributed by atoms with Gasteiger partial charge in [-0.2, -0.15) is 10.5 Å². The standard InChI is InChI=1S/C21H30N5O8P.C17H24N4O7/c1-5-15-16(34-35(4)32-12-8-23-3)17(30-11-9-24-21(29)31-10-6-7-22)19(33-15)26-13-14(2)18(27)25-20(26)28;1-3-11-12(22)13(26-8-6-19-17(25)27-7-4-5-18)15(28-11)21-9-10(2)14(23)20-16(21)24/h13,15-17,19H,5-6,8-12H2,1-2,4H3,(H,24,29)(H,25,27,28);9,11-13,15,22H,3-4,6-8H2,1-2H3,(H,19,25)(H,20,23,24)/t15-,16?,17?,19-,35?;11-,12?,13?,15-/m11/s1. The number of ether oxygens (including phenoxy) is 6. The zero-order valence-electron chi connectivity index (χ0n) is 35.6. The van der Waals surface area contributed by atoms with Crippen LogP contribution in [0.15, 0.2) is 31.6 Å². The lowest BCUT2D eigenvalue weighted by atomic mass is 10.1. The van der Waals surface area contributed by atoms with E-state index in [9.17, 15) is 33.9 Å². The van der Waals surface area contributed by atoms with Crippen molar-refractivity contribution < 1.29 is 52.2 Å². The number of rotatable bonds is 21. The van der Waals surface area contributed by atoms with Gasteiger partial charge in [-0.1, -0.05) is 13.8 Å². The highest BCUT2D eigenvalue weighted by atomic mass is 31.2. The molecule has 2 saturated heterocycles. The molecule has 2 aliphatic heterocycles. The molecular formula is C38H54N9O15P. The fourth-order valence-corrected chi connectivity index (χ4v) is 7.17.